The van der Waals surface area contributed by atoms with Crippen LogP contribution in [0.1, 0.15) is 0 Å². The van der Waals surface area contributed by atoms with Gasteiger partial charge < -0.3 is 4.98 Å². The Morgan fingerprint density at radius 2 is 1.94 bits per heavy atom. The number of hydrogen-bond donors (Lipinski definition) is 1. The number of pyridine rings is 1. The van der Waals surface area contributed by atoms with Gasteiger partial charge in [0.05, 0.1) is 17.1 Å². The van der Waals surface area contributed by atoms with E-state index in [1.807, 2.05) is 36.5 Å². The van der Waals surface area contributed by atoms with Crippen LogP contribution in [0, 0.1) is 0 Å². The fourth-order valence-corrected chi connectivity index (χ4v) is 2.14. The lowest BCUT2D eigenvalue weighted by Crippen LogP contribution is -2.04. The van der Waals surface area contributed by atoms with E-state index in [9.17, 15) is 0 Å². The van der Waals surface area contributed by atoms with Gasteiger partial charge in [-0.1, -0.05) is 12.1 Å². The molecule has 0 saturated carbocycles. The summed E-state index contributed by atoms with van der Waals surface area (Å²) in [6, 6.07) is 12.0. The van der Waals surface area contributed by atoms with E-state index in [1.54, 1.807) is 0 Å². The van der Waals surface area contributed by atoms with Crippen molar-refractivity contribution in [2.75, 3.05) is 0 Å². The molecular weight excluding hydrogens is 212 g/mol. The molecule has 4 rings (SSSR count). The van der Waals surface area contributed by atoms with Gasteiger partial charge in [-0.2, -0.15) is 0 Å². The van der Waals surface area contributed by atoms with Crippen molar-refractivity contribution in [3.05, 3.63) is 42.6 Å². The van der Waals surface area contributed by atoms with Crippen molar-refractivity contribution in [2.45, 2.75) is 0 Å². The summed E-state index contributed by atoms with van der Waals surface area (Å²) in [7, 11) is 0. The minimum atomic E-state index is 0.810. The smallest absolute Gasteiger partial charge is 0.336 e. The van der Waals surface area contributed by atoms with Crippen molar-refractivity contribution in [1.29, 1.82) is 0 Å². The lowest BCUT2D eigenvalue weighted by molar-refractivity contribution is -0.347. The Morgan fingerprint density at radius 1 is 1.00 bits per heavy atom. The maximum atomic E-state index is 4.62. The molecule has 0 atom stereocenters. The largest absolute Gasteiger partial charge is 0.347 e. The molecule has 0 aliphatic heterocycles. The van der Waals surface area contributed by atoms with Crippen LogP contribution in [0.5, 0.6) is 0 Å². The number of nitrogens with one attached hydrogen (secondary N) is 2. The van der Waals surface area contributed by atoms with Crippen LogP contribution in [-0.4, -0.2) is 15.0 Å². The first-order chi connectivity index (χ1) is 8.42. The number of H-pyrrole nitrogens is 2. The van der Waals surface area contributed by atoms with E-state index in [2.05, 4.69) is 26.0 Å². The van der Waals surface area contributed by atoms with Gasteiger partial charge in [0.1, 0.15) is 0 Å². The molecule has 4 nitrogen and oxygen atoms in total. The first-order valence-corrected chi connectivity index (χ1v) is 5.47. The monoisotopic (exact) mass is 221 g/mol. The molecule has 3 heterocycles. The third-order valence-corrected chi connectivity index (χ3v) is 2.93. The number of benzene rings is 1. The minimum absolute atomic E-state index is 0.810. The summed E-state index contributed by atoms with van der Waals surface area (Å²) in [4.78, 5) is 15.6. The minimum Gasteiger partial charge on any atom is -0.336 e. The first-order valence-electron chi connectivity index (χ1n) is 5.47. The molecule has 0 aliphatic carbocycles. The Hall–Kier alpha value is -2.49. The van der Waals surface area contributed by atoms with Crippen molar-refractivity contribution in [3.63, 3.8) is 0 Å². The zero-order chi connectivity index (χ0) is 11.2. The van der Waals surface area contributed by atoms with Gasteiger partial charge in [0, 0.05) is 0 Å². The highest BCUT2D eigenvalue weighted by molar-refractivity contribution is 6.04. The van der Waals surface area contributed by atoms with Crippen molar-refractivity contribution in [3.8, 4) is 0 Å². The molecule has 0 bridgehead atoms. The summed E-state index contributed by atoms with van der Waals surface area (Å²) < 4.78 is 0. The maximum absolute atomic E-state index is 4.62. The lowest BCUT2D eigenvalue weighted by atomic mass is 10.2. The van der Waals surface area contributed by atoms with Gasteiger partial charge in [-0.25, -0.2) is 9.97 Å². The van der Waals surface area contributed by atoms with Gasteiger partial charge in [0.15, 0.2) is 11.2 Å². The molecule has 0 unspecified atom stereocenters. The van der Waals surface area contributed by atoms with E-state index < -0.39 is 0 Å². The van der Waals surface area contributed by atoms with Gasteiger partial charge in [-0.05, 0) is 29.2 Å². The zero-order valence-corrected chi connectivity index (χ0v) is 8.94. The van der Waals surface area contributed by atoms with Crippen LogP contribution in [-0.2, 0) is 0 Å². The molecule has 17 heavy (non-hydrogen) atoms. The van der Waals surface area contributed by atoms with Crippen molar-refractivity contribution in [1.82, 2.24) is 15.0 Å². The highest BCUT2D eigenvalue weighted by Crippen LogP contribution is 2.22. The highest BCUT2D eigenvalue weighted by atomic mass is 15.0. The van der Waals surface area contributed by atoms with Gasteiger partial charge >= 0.3 is 5.65 Å². The Kier molecular flexibility index (Phi) is 1.53. The van der Waals surface area contributed by atoms with Crippen LogP contribution in [0.3, 0.4) is 0 Å². The van der Waals surface area contributed by atoms with E-state index in [-0.39, 0.29) is 0 Å². The molecule has 0 radical (unpaired) electrons. The number of fused-ring (bicyclic) bond motifs is 4. The fraction of sp³-hybridized carbons (Fsp3) is 0. The van der Waals surface area contributed by atoms with Gasteiger partial charge in [-0.3, -0.25) is 0 Å². The van der Waals surface area contributed by atoms with Gasteiger partial charge in [-0.15, -0.1) is 0 Å². The van der Waals surface area contributed by atoms with Crippen molar-refractivity contribution in [2.24, 2.45) is 0 Å². The third-order valence-electron chi connectivity index (χ3n) is 2.93. The number of rotatable bonds is 0. The molecule has 4 aromatic rings. The molecule has 0 aliphatic rings. The van der Waals surface area contributed by atoms with E-state index in [0.29, 0.717) is 0 Å². The Balaban J connectivity index is 2.28. The number of para-hydroxylation sites is 1. The molecule has 1 aromatic carbocycles. The molecule has 80 valence electrons. The van der Waals surface area contributed by atoms with E-state index in [0.717, 1.165) is 33.2 Å². The average molecular weight is 221 g/mol. The standard InChI is InChI=1S/C13H8N4/c1-2-5-9-8(4-1)11-13(15-9)16-10-6-3-7-14-12(10)17-11/h1-7H,(H,15,16)/p+1. The number of nitrogens with zero attached hydrogens (tertiary/aromatic N) is 2. The summed E-state index contributed by atoms with van der Waals surface area (Å²) in [5.41, 5.74) is 4.49. The number of hydrogen-bond acceptors (Lipinski definition) is 2. The summed E-state index contributed by atoms with van der Waals surface area (Å²) in [5, 5.41) is 1.11. The summed E-state index contributed by atoms with van der Waals surface area (Å²) in [5.74, 6) is 0. The zero-order valence-electron chi connectivity index (χ0n) is 8.94. The van der Waals surface area contributed by atoms with E-state index in [4.69, 9.17) is 0 Å². The van der Waals surface area contributed by atoms with E-state index in [1.165, 1.54) is 0 Å². The molecule has 4 heteroatoms. The number of aromatic nitrogens is 4. The molecule has 2 N–H and O–H groups in total. The van der Waals surface area contributed by atoms with E-state index >= 15 is 0 Å². The second-order valence-electron chi connectivity index (χ2n) is 4.00. The van der Waals surface area contributed by atoms with Gasteiger partial charge in [0.25, 0.3) is 0 Å². The summed E-state index contributed by atoms with van der Waals surface area (Å²) >= 11 is 0. The van der Waals surface area contributed by atoms with Crippen LogP contribution >= 0.6 is 0 Å². The Bertz CT molecular complexity index is 842. The molecule has 0 saturated heterocycles. The predicted molar refractivity (Wildman–Crippen MR) is 65.5 cm³/mol. The first kappa shape index (κ1) is 8.64. The second-order valence-corrected chi connectivity index (χ2v) is 4.00. The van der Waals surface area contributed by atoms with Crippen LogP contribution in [0.4, 0.5) is 0 Å². The predicted octanol–water partition coefficient (Wildman–Crippen LogP) is 2.08. The highest BCUT2D eigenvalue weighted by Gasteiger charge is 2.14. The molecule has 0 fully saturated rings. The van der Waals surface area contributed by atoms with Crippen molar-refractivity contribution >= 4 is 33.2 Å². The SMILES string of the molecule is c1c[nH+]c2nc3c(nc2c1)[nH]c1ccccc13. The van der Waals surface area contributed by atoms with Crippen LogP contribution in [0.25, 0.3) is 33.2 Å². The molecule has 3 aromatic heterocycles. The maximum Gasteiger partial charge on any atom is 0.347 e. The van der Waals surface area contributed by atoms with Crippen molar-refractivity contribution < 1.29 is 4.98 Å². The van der Waals surface area contributed by atoms with Crippen LogP contribution in [0.2, 0.25) is 0 Å². The molecular formula is C13H9N4+. The average Bonchev–Trinajstić information content (AvgIpc) is 2.73. The summed E-state index contributed by atoms with van der Waals surface area (Å²) in [6.45, 7) is 0. The van der Waals surface area contributed by atoms with Gasteiger partial charge in [0.2, 0.25) is 5.52 Å². The third kappa shape index (κ3) is 1.15. The Morgan fingerprint density at radius 3 is 2.94 bits per heavy atom. The van der Waals surface area contributed by atoms with Crippen LogP contribution < -0.4 is 4.98 Å². The van der Waals surface area contributed by atoms with Crippen LogP contribution in [0.15, 0.2) is 42.6 Å². The normalized spacial score (nSPS) is 11.5. The number of aromatic amines is 2. The molecule has 0 spiro atoms. The quantitative estimate of drug-likeness (QED) is 0.494. The fourth-order valence-electron chi connectivity index (χ4n) is 2.14. The topological polar surface area (TPSA) is 55.7 Å². The second kappa shape index (κ2) is 3.01. The Labute approximate surface area is 96.3 Å². The summed E-state index contributed by atoms with van der Waals surface area (Å²) in [6.07, 6.45) is 1.86. The lowest BCUT2D eigenvalue weighted by Gasteiger charge is -1.88. The molecule has 0 amide bonds.